The van der Waals surface area contributed by atoms with Gasteiger partial charge in [-0.3, -0.25) is 0 Å². The zero-order chi connectivity index (χ0) is 11.0. The third-order valence-corrected chi connectivity index (χ3v) is 3.63. The minimum Gasteiger partial charge on any atom is -0.341 e. The van der Waals surface area contributed by atoms with E-state index in [4.69, 9.17) is 0 Å². The first-order valence-corrected chi connectivity index (χ1v) is 6.49. The molecule has 0 radical (unpaired) electrons. The second-order valence-electron chi connectivity index (χ2n) is 4.24. The van der Waals surface area contributed by atoms with Crippen molar-refractivity contribution in [3.63, 3.8) is 0 Å². The molecule has 3 nitrogen and oxygen atoms in total. The molecule has 1 aliphatic carbocycles. The first-order chi connectivity index (χ1) is 7.83. The van der Waals surface area contributed by atoms with Crippen LogP contribution in [0.5, 0.6) is 0 Å². The number of nitrogens with zero attached hydrogens (tertiary/aromatic N) is 1. The molecular weight excluding hydrogens is 266 g/mol. The summed E-state index contributed by atoms with van der Waals surface area (Å²) in [4.78, 5) is 8.08. The summed E-state index contributed by atoms with van der Waals surface area (Å²) in [6, 6.07) is 0.413. The molecule has 2 N–H and O–H groups in total. The highest BCUT2D eigenvalue weighted by Crippen LogP contribution is 2.18. The van der Waals surface area contributed by atoms with Gasteiger partial charge in [0.25, 0.3) is 0 Å². The summed E-state index contributed by atoms with van der Waals surface area (Å²) in [5, 5.41) is 5.65. The predicted molar refractivity (Wildman–Crippen MR) is 68.4 cm³/mol. The highest BCUT2D eigenvalue weighted by atomic mass is 79.9. The van der Waals surface area contributed by atoms with Crippen molar-refractivity contribution in [1.82, 2.24) is 15.3 Å². The van der Waals surface area contributed by atoms with Crippen LogP contribution in [-0.4, -0.2) is 16.5 Å². The number of aromatic amines is 1. The molecule has 0 bridgehead atoms. The van der Waals surface area contributed by atoms with E-state index in [-0.39, 0.29) is 0 Å². The number of allylic oxidation sites excluding steroid dienone is 2. The summed E-state index contributed by atoms with van der Waals surface area (Å²) >= 11 is 3.52. The average Bonchev–Trinajstić information content (AvgIpc) is 2.86. The summed E-state index contributed by atoms with van der Waals surface area (Å²) in [7, 11) is 0. The maximum absolute atomic E-state index is 4.67. The zero-order valence-corrected chi connectivity index (χ0v) is 10.5. The molecule has 16 heavy (non-hydrogen) atoms. The molecule has 1 fully saturated rings. The van der Waals surface area contributed by atoms with E-state index in [1.54, 1.807) is 0 Å². The Morgan fingerprint density at radius 3 is 3.12 bits per heavy atom. The molecule has 2 heterocycles. The van der Waals surface area contributed by atoms with E-state index < -0.39 is 0 Å². The molecule has 0 saturated carbocycles. The molecule has 1 aromatic rings. The van der Waals surface area contributed by atoms with Crippen molar-refractivity contribution in [2.45, 2.75) is 25.3 Å². The lowest BCUT2D eigenvalue weighted by atomic mass is 10.2. The van der Waals surface area contributed by atoms with Gasteiger partial charge in [-0.2, -0.15) is 0 Å². The number of fused-ring (bicyclic) bond motifs is 1. The van der Waals surface area contributed by atoms with Crippen molar-refractivity contribution >= 4 is 28.1 Å². The number of nitrogens with one attached hydrogen (secondary N) is 2. The summed E-state index contributed by atoms with van der Waals surface area (Å²) < 4.78 is 1.12. The average molecular weight is 280 g/mol. The Balaban J connectivity index is 2.06. The largest absolute Gasteiger partial charge is 0.341 e. The van der Waals surface area contributed by atoms with Gasteiger partial charge in [0.05, 0.1) is 16.7 Å². The van der Waals surface area contributed by atoms with Crippen molar-refractivity contribution in [3.8, 4) is 0 Å². The van der Waals surface area contributed by atoms with Gasteiger partial charge < -0.3 is 10.3 Å². The van der Waals surface area contributed by atoms with Crippen LogP contribution in [-0.2, 0) is 0 Å². The standard InChI is InChI=1S/C12H14BrN3/c13-8-3-1-4-9-11(7-8)16-12(15-9)10-5-2-6-14-10/h3-4,7,10,14H,1-2,5-6H2,(H,15,16)/t10-/m0/s1. The molecule has 1 saturated heterocycles. The molecule has 84 valence electrons. The van der Waals surface area contributed by atoms with Gasteiger partial charge in [0, 0.05) is 4.48 Å². The minimum atomic E-state index is 0.413. The van der Waals surface area contributed by atoms with Crippen molar-refractivity contribution in [1.29, 1.82) is 0 Å². The van der Waals surface area contributed by atoms with Gasteiger partial charge in [0.15, 0.2) is 0 Å². The van der Waals surface area contributed by atoms with E-state index in [2.05, 4.69) is 49.4 Å². The van der Waals surface area contributed by atoms with Crippen LogP contribution < -0.4 is 16.0 Å². The number of hydrogen-bond donors (Lipinski definition) is 2. The van der Waals surface area contributed by atoms with Gasteiger partial charge in [-0.25, -0.2) is 4.98 Å². The monoisotopic (exact) mass is 279 g/mol. The van der Waals surface area contributed by atoms with Gasteiger partial charge in [0.1, 0.15) is 5.82 Å². The Morgan fingerprint density at radius 1 is 1.38 bits per heavy atom. The second kappa shape index (κ2) is 4.18. The minimum absolute atomic E-state index is 0.413. The highest BCUT2D eigenvalue weighted by molar-refractivity contribution is 9.12. The number of H-pyrrole nitrogens is 1. The van der Waals surface area contributed by atoms with Crippen LogP contribution in [0.1, 0.15) is 31.1 Å². The smallest absolute Gasteiger partial charge is 0.124 e. The third-order valence-electron chi connectivity index (χ3n) is 3.08. The van der Waals surface area contributed by atoms with Crippen LogP contribution in [0.4, 0.5) is 0 Å². The van der Waals surface area contributed by atoms with Crippen LogP contribution in [0.2, 0.25) is 0 Å². The van der Waals surface area contributed by atoms with Crippen molar-refractivity contribution in [3.05, 3.63) is 27.1 Å². The van der Waals surface area contributed by atoms with Gasteiger partial charge in [-0.15, -0.1) is 0 Å². The van der Waals surface area contributed by atoms with Gasteiger partial charge in [0.2, 0.25) is 0 Å². The summed E-state index contributed by atoms with van der Waals surface area (Å²) in [6.45, 7) is 1.10. The fourth-order valence-corrected chi connectivity index (χ4v) is 2.66. The van der Waals surface area contributed by atoms with Crippen LogP contribution in [0, 0.1) is 0 Å². The Bertz CT molecular complexity index is 535. The van der Waals surface area contributed by atoms with Gasteiger partial charge >= 0.3 is 0 Å². The van der Waals surface area contributed by atoms with Crippen LogP contribution >= 0.6 is 15.9 Å². The predicted octanol–water partition coefficient (Wildman–Crippen LogP) is 1.08. The van der Waals surface area contributed by atoms with Crippen molar-refractivity contribution in [2.24, 2.45) is 0 Å². The Labute approximate surface area is 102 Å². The summed E-state index contributed by atoms with van der Waals surface area (Å²) in [5.41, 5.74) is 0. The molecule has 0 amide bonds. The van der Waals surface area contributed by atoms with E-state index in [1.807, 2.05) is 0 Å². The molecule has 2 aliphatic rings. The maximum atomic E-state index is 4.67. The number of hydrogen-bond acceptors (Lipinski definition) is 2. The lowest BCUT2D eigenvalue weighted by Crippen LogP contribution is -2.23. The first-order valence-electron chi connectivity index (χ1n) is 5.70. The fourth-order valence-electron chi connectivity index (χ4n) is 2.25. The molecule has 0 spiro atoms. The zero-order valence-electron chi connectivity index (χ0n) is 8.96. The molecule has 0 unspecified atom stereocenters. The molecule has 3 rings (SSSR count). The van der Waals surface area contributed by atoms with Crippen LogP contribution in [0.3, 0.4) is 0 Å². The van der Waals surface area contributed by atoms with Crippen LogP contribution in [0.25, 0.3) is 12.2 Å². The van der Waals surface area contributed by atoms with E-state index >= 15 is 0 Å². The highest BCUT2D eigenvalue weighted by Gasteiger charge is 2.18. The lowest BCUT2D eigenvalue weighted by molar-refractivity contribution is 0.611. The van der Waals surface area contributed by atoms with Gasteiger partial charge in [-0.1, -0.05) is 28.1 Å². The topological polar surface area (TPSA) is 40.7 Å². The Hall–Kier alpha value is -0.870. The van der Waals surface area contributed by atoms with E-state index in [0.717, 1.165) is 34.0 Å². The summed E-state index contributed by atoms with van der Waals surface area (Å²) in [6.07, 6.45) is 9.77. The molecule has 1 aliphatic heterocycles. The van der Waals surface area contributed by atoms with E-state index in [0.29, 0.717) is 6.04 Å². The molecule has 0 aromatic carbocycles. The first kappa shape index (κ1) is 10.3. The number of aromatic nitrogens is 2. The van der Waals surface area contributed by atoms with E-state index in [9.17, 15) is 0 Å². The SMILES string of the molecule is BrC1=CCC=c2nc([C@@H]3CCCN3)[nH]c2=C1. The number of halogens is 1. The Morgan fingerprint density at radius 2 is 2.31 bits per heavy atom. The second-order valence-corrected chi connectivity index (χ2v) is 5.16. The van der Waals surface area contributed by atoms with Crippen LogP contribution in [0.15, 0.2) is 10.6 Å². The lowest BCUT2D eigenvalue weighted by Gasteiger charge is -2.04. The maximum Gasteiger partial charge on any atom is 0.124 e. The third kappa shape index (κ3) is 1.87. The van der Waals surface area contributed by atoms with Crippen molar-refractivity contribution < 1.29 is 0 Å². The normalized spacial score (nSPS) is 24.1. The fraction of sp³-hybridized carbons (Fsp3) is 0.417. The molecule has 1 aromatic heterocycles. The quantitative estimate of drug-likeness (QED) is 0.808. The van der Waals surface area contributed by atoms with Gasteiger partial charge in [-0.05, 0) is 31.9 Å². The van der Waals surface area contributed by atoms with E-state index in [1.165, 1.54) is 12.8 Å². The number of rotatable bonds is 1. The van der Waals surface area contributed by atoms with Crippen molar-refractivity contribution in [2.75, 3.05) is 6.54 Å². The Kier molecular flexibility index (Phi) is 2.69. The molecular formula is C12H14BrN3. The summed E-state index contributed by atoms with van der Waals surface area (Å²) in [5.74, 6) is 1.08. The molecule has 4 heteroatoms. The number of imidazole rings is 1. The molecule has 1 atom stereocenters.